The number of nitrogens with one attached hydrogen (secondary N) is 1. The van der Waals surface area contributed by atoms with Crippen LogP contribution < -0.4 is 10.1 Å². The summed E-state index contributed by atoms with van der Waals surface area (Å²) in [7, 11) is 0. The number of rotatable bonds is 6. The highest BCUT2D eigenvalue weighted by atomic mass is 16.5. The fourth-order valence-corrected chi connectivity index (χ4v) is 3.93. The number of hydrogen-bond acceptors (Lipinski definition) is 6. The molecule has 0 saturated heterocycles. The Hall–Kier alpha value is -4.53. The summed E-state index contributed by atoms with van der Waals surface area (Å²) in [5.74, 6) is 1.38. The van der Waals surface area contributed by atoms with Crippen LogP contribution in [-0.2, 0) is 4.79 Å². The van der Waals surface area contributed by atoms with Gasteiger partial charge in [-0.2, -0.15) is 14.9 Å². The number of para-hydroxylation sites is 1. The van der Waals surface area contributed by atoms with Crippen molar-refractivity contribution in [3.05, 3.63) is 83.4 Å². The maximum atomic E-state index is 12.7. The van der Waals surface area contributed by atoms with Crippen molar-refractivity contribution in [3.8, 4) is 17.3 Å². The van der Waals surface area contributed by atoms with E-state index in [1.807, 2.05) is 50.2 Å². The van der Waals surface area contributed by atoms with E-state index in [9.17, 15) is 4.79 Å². The lowest BCUT2D eigenvalue weighted by Crippen LogP contribution is -2.22. The second-order valence-corrected chi connectivity index (χ2v) is 8.40. The molecule has 0 bridgehead atoms. The van der Waals surface area contributed by atoms with E-state index in [-0.39, 0.29) is 12.5 Å². The van der Waals surface area contributed by atoms with Gasteiger partial charge < -0.3 is 10.1 Å². The Kier molecular flexibility index (Phi) is 5.74. The summed E-state index contributed by atoms with van der Waals surface area (Å²) < 4.78 is 9.08. The average molecular weight is 468 g/mol. The second-order valence-electron chi connectivity index (χ2n) is 8.40. The first-order chi connectivity index (χ1) is 16.9. The van der Waals surface area contributed by atoms with Crippen LogP contribution in [0.2, 0.25) is 0 Å². The third-order valence-electron chi connectivity index (χ3n) is 5.90. The highest BCUT2D eigenvalue weighted by Gasteiger charge is 2.18. The third kappa shape index (κ3) is 4.23. The van der Waals surface area contributed by atoms with E-state index < -0.39 is 0 Å². The van der Waals surface area contributed by atoms with Crippen molar-refractivity contribution in [1.29, 1.82) is 0 Å². The van der Waals surface area contributed by atoms with Gasteiger partial charge in [0.25, 0.3) is 5.91 Å². The molecule has 0 saturated carbocycles. The second kappa shape index (κ2) is 9.02. The summed E-state index contributed by atoms with van der Waals surface area (Å²) in [5.41, 5.74) is 5.58. The van der Waals surface area contributed by atoms with Gasteiger partial charge in [-0.05, 0) is 56.5 Å². The molecule has 9 nitrogen and oxygen atoms in total. The molecule has 0 aliphatic heterocycles. The summed E-state index contributed by atoms with van der Waals surface area (Å²) >= 11 is 0. The van der Waals surface area contributed by atoms with Gasteiger partial charge in [-0.1, -0.05) is 30.3 Å². The minimum Gasteiger partial charge on any atom is -0.483 e. The summed E-state index contributed by atoms with van der Waals surface area (Å²) in [6.07, 6.45) is 3.20. The van der Waals surface area contributed by atoms with Crippen LogP contribution in [-0.4, -0.2) is 42.0 Å². The molecule has 5 aromatic rings. The van der Waals surface area contributed by atoms with Gasteiger partial charge in [-0.3, -0.25) is 4.79 Å². The van der Waals surface area contributed by atoms with E-state index in [1.54, 1.807) is 21.6 Å². The smallest absolute Gasteiger partial charge is 0.263 e. The van der Waals surface area contributed by atoms with Gasteiger partial charge >= 0.3 is 0 Å². The number of nitrogens with zero attached hydrogens (tertiary/aromatic N) is 6. The monoisotopic (exact) mass is 467 g/mol. The lowest BCUT2D eigenvalue weighted by Gasteiger charge is -2.11. The molecule has 0 radical (unpaired) electrons. The van der Waals surface area contributed by atoms with Crippen LogP contribution in [0.15, 0.2) is 61.1 Å². The maximum Gasteiger partial charge on any atom is 0.263 e. The first-order valence-corrected chi connectivity index (χ1v) is 11.2. The highest BCUT2D eigenvalue weighted by Crippen LogP contribution is 2.26. The lowest BCUT2D eigenvalue weighted by molar-refractivity contribution is -0.118. The van der Waals surface area contributed by atoms with Crippen molar-refractivity contribution in [2.45, 2.75) is 27.7 Å². The fourth-order valence-electron chi connectivity index (χ4n) is 3.93. The summed E-state index contributed by atoms with van der Waals surface area (Å²) in [6, 6.07) is 15.4. The molecule has 3 aromatic heterocycles. The Bertz CT molecular complexity index is 1550. The molecule has 0 aliphatic carbocycles. The SMILES string of the molecule is Cc1cc(NC(=O)COc2ccccc2C)n(-c2ncnc3c2cnn3-c2cccc(C)c2C)n1. The molecule has 1 N–H and O–H groups in total. The van der Waals surface area contributed by atoms with Crippen LogP contribution in [0.1, 0.15) is 22.4 Å². The van der Waals surface area contributed by atoms with Gasteiger partial charge in [-0.15, -0.1) is 0 Å². The molecule has 3 heterocycles. The molecule has 0 fully saturated rings. The number of ether oxygens (including phenoxy) is 1. The molecule has 35 heavy (non-hydrogen) atoms. The number of aromatic nitrogens is 6. The number of amides is 1. The topological polar surface area (TPSA) is 99.7 Å². The predicted molar refractivity (Wildman–Crippen MR) is 133 cm³/mol. The largest absolute Gasteiger partial charge is 0.483 e. The van der Waals surface area contributed by atoms with Crippen molar-refractivity contribution >= 4 is 22.8 Å². The molecule has 5 rings (SSSR count). The Morgan fingerprint density at radius 1 is 0.971 bits per heavy atom. The van der Waals surface area contributed by atoms with Gasteiger partial charge in [0.1, 0.15) is 17.9 Å². The van der Waals surface area contributed by atoms with E-state index >= 15 is 0 Å². The number of benzene rings is 2. The van der Waals surface area contributed by atoms with Gasteiger partial charge in [0.2, 0.25) is 0 Å². The molecule has 9 heteroatoms. The van der Waals surface area contributed by atoms with E-state index in [4.69, 9.17) is 4.74 Å². The van der Waals surface area contributed by atoms with E-state index in [2.05, 4.69) is 45.4 Å². The zero-order valence-electron chi connectivity index (χ0n) is 20.0. The van der Waals surface area contributed by atoms with Gasteiger partial charge in [0.15, 0.2) is 18.1 Å². The molecule has 0 atom stereocenters. The Labute approximate surface area is 202 Å². The molecule has 0 unspecified atom stereocenters. The summed E-state index contributed by atoms with van der Waals surface area (Å²) in [4.78, 5) is 21.6. The summed E-state index contributed by atoms with van der Waals surface area (Å²) in [6.45, 7) is 7.79. The first kappa shape index (κ1) is 22.3. The molecule has 0 aliphatic rings. The van der Waals surface area contributed by atoms with E-state index in [1.165, 1.54) is 11.9 Å². The van der Waals surface area contributed by atoms with E-state index in [0.717, 1.165) is 22.5 Å². The molecule has 176 valence electrons. The van der Waals surface area contributed by atoms with Crippen molar-refractivity contribution in [1.82, 2.24) is 29.5 Å². The number of fused-ring (bicyclic) bond motifs is 1. The van der Waals surface area contributed by atoms with Crippen LogP contribution >= 0.6 is 0 Å². The van der Waals surface area contributed by atoms with Crippen LogP contribution in [0, 0.1) is 27.7 Å². The number of carbonyl (C=O) groups is 1. The van der Waals surface area contributed by atoms with Crippen LogP contribution in [0.5, 0.6) is 5.75 Å². The van der Waals surface area contributed by atoms with Gasteiger partial charge in [-0.25, -0.2) is 14.6 Å². The number of aryl methyl sites for hydroxylation is 3. The number of anilines is 1. The number of hydrogen-bond donors (Lipinski definition) is 1. The molecular formula is C26H25N7O2. The van der Waals surface area contributed by atoms with Crippen LogP contribution in [0.3, 0.4) is 0 Å². The average Bonchev–Trinajstić information content (AvgIpc) is 3.43. The first-order valence-electron chi connectivity index (χ1n) is 11.2. The van der Waals surface area contributed by atoms with E-state index in [0.29, 0.717) is 28.4 Å². The fraction of sp³-hybridized carbons (Fsp3) is 0.192. The zero-order valence-corrected chi connectivity index (χ0v) is 20.0. The normalized spacial score (nSPS) is 11.1. The van der Waals surface area contributed by atoms with Gasteiger partial charge in [0, 0.05) is 6.07 Å². The van der Waals surface area contributed by atoms with Crippen molar-refractivity contribution in [3.63, 3.8) is 0 Å². The zero-order chi connectivity index (χ0) is 24.5. The lowest BCUT2D eigenvalue weighted by atomic mass is 10.1. The van der Waals surface area contributed by atoms with Gasteiger partial charge in [0.05, 0.1) is 23.0 Å². The Morgan fingerprint density at radius 2 is 1.77 bits per heavy atom. The van der Waals surface area contributed by atoms with Crippen LogP contribution in [0.4, 0.5) is 5.82 Å². The number of carbonyl (C=O) groups excluding carboxylic acids is 1. The Balaban J connectivity index is 1.46. The molecule has 2 aromatic carbocycles. The molecule has 1 amide bonds. The van der Waals surface area contributed by atoms with Crippen molar-refractivity contribution in [2.24, 2.45) is 0 Å². The van der Waals surface area contributed by atoms with Crippen molar-refractivity contribution < 1.29 is 9.53 Å². The highest BCUT2D eigenvalue weighted by molar-refractivity contribution is 5.92. The summed E-state index contributed by atoms with van der Waals surface area (Å²) in [5, 5.41) is 12.8. The van der Waals surface area contributed by atoms with Crippen LogP contribution in [0.25, 0.3) is 22.5 Å². The molecular weight excluding hydrogens is 442 g/mol. The van der Waals surface area contributed by atoms with Crippen molar-refractivity contribution in [2.75, 3.05) is 11.9 Å². The third-order valence-corrected chi connectivity index (χ3v) is 5.90. The predicted octanol–water partition coefficient (Wildman–Crippen LogP) is 4.25. The molecule has 0 spiro atoms. The Morgan fingerprint density at radius 3 is 2.60 bits per heavy atom. The quantitative estimate of drug-likeness (QED) is 0.401. The minimum atomic E-state index is -0.300. The minimum absolute atomic E-state index is 0.126. The maximum absolute atomic E-state index is 12.7. The standard InChI is InChI=1S/C26H25N7O2/c1-16-9-7-10-21(19(16)4)32-25-20(13-29-32)26(28-15-27-25)33-23(12-18(3)31-33)30-24(34)14-35-22-11-6-5-8-17(22)2/h5-13,15H,14H2,1-4H3,(H,30,34).